The standard InChI is InChI=1S/C19H23F2N2O8PS/c1-19(33(4,28)29,18(25)22-31-32(3,26)27)7-8-23-11-16(21)14(10-17(23)24)13-6-5-12(30-2)9-15(13)20/h5-6,9-11H,7-8H2,1-4H3,(H,22,25)(H,26,27)/t19-/m1/s1. The van der Waals surface area contributed by atoms with Crippen LogP contribution in [-0.4, -0.2) is 48.6 Å². The fourth-order valence-corrected chi connectivity index (χ4v) is 3.90. The number of pyridine rings is 1. The molecular formula is C19H23F2N2O8PS. The lowest BCUT2D eigenvalue weighted by atomic mass is 10.0. The van der Waals surface area contributed by atoms with Crippen molar-refractivity contribution in [2.45, 2.75) is 24.6 Å². The van der Waals surface area contributed by atoms with Crippen molar-refractivity contribution < 1.29 is 40.8 Å². The van der Waals surface area contributed by atoms with Gasteiger partial charge in [-0.3, -0.25) is 14.2 Å². The molecule has 1 aromatic heterocycles. The average molecular weight is 508 g/mol. The molecule has 33 heavy (non-hydrogen) atoms. The molecule has 2 aromatic rings. The Balaban J connectivity index is 2.34. The van der Waals surface area contributed by atoms with E-state index in [0.29, 0.717) is 0 Å². The van der Waals surface area contributed by atoms with Gasteiger partial charge in [-0.25, -0.2) is 22.7 Å². The van der Waals surface area contributed by atoms with E-state index in [9.17, 15) is 31.4 Å². The molecule has 2 N–H and O–H groups in total. The molecule has 0 radical (unpaired) electrons. The topological polar surface area (TPSA) is 141 Å². The van der Waals surface area contributed by atoms with E-state index in [1.165, 1.54) is 19.2 Å². The third kappa shape index (κ3) is 6.26. The quantitative estimate of drug-likeness (QED) is 0.386. The summed E-state index contributed by atoms with van der Waals surface area (Å²) < 4.78 is 72.6. The van der Waals surface area contributed by atoms with Gasteiger partial charge in [-0.1, -0.05) is 0 Å². The van der Waals surface area contributed by atoms with Crippen LogP contribution < -0.4 is 15.8 Å². The van der Waals surface area contributed by atoms with Crippen LogP contribution in [0.4, 0.5) is 8.78 Å². The third-order valence-electron chi connectivity index (χ3n) is 4.98. The number of hydroxylamine groups is 1. The third-order valence-corrected chi connectivity index (χ3v) is 7.44. The second kappa shape index (κ2) is 9.72. The highest BCUT2D eigenvalue weighted by atomic mass is 32.2. The number of aromatic nitrogens is 1. The van der Waals surface area contributed by atoms with E-state index in [1.54, 1.807) is 5.48 Å². The van der Waals surface area contributed by atoms with Crippen LogP contribution in [0, 0.1) is 11.6 Å². The van der Waals surface area contributed by atoms with E-state index < -0.39 is 58.2 Å². The number of methoxy groups -OCH3 is 1. The molecule has 0 aliphatic heterocycles. The summed E-state index contributed by atoms with van der Waals surface area (Å²) in [7, 11) is -6.94. The van der Waals surface area contributed by atoms with E-state index in [2.05, 4.69) is 4.62 Å². The van der Waals surface area contributed by atoms with Gasteiger partial charge in [0.05, 0.1) is 7.11 Å². The minimum Gasteiger partial charge on any atom is -0.497 e. The fourth-order valence-electron chi connectivity index (χ4n) is 2.80. The second-order valence-electron chi connectivity index (χ2n) is 7.49. The molecule has 1 unspecified atom stereocenters. The first-order valence-corrected chi connectivity index (χ1v) is 13.2. The number of hydrogen-bond acceptors (Lipinski definition) is 7. The lowest BCUT2D eigenvalue weighted by Gasteiger charge is -2.26. The summed E-state index contributed by atoms with van der Waals surface area (Å²) in [4.78, 5) is 34.0. The monoisotopic (exact) mass is 508 g/mol. The summed E-state index contributed by atoms with van der Waals surface area (Å²) in [5, 5.41) is 0. The van der Waals surface area contributed by atoms with Gasteiger partial charge in [-0.2, -0.15) is 4.62 Å². The van der Waals surface area contributed by atoms with Gasteiger partial charge >= 0.3 is 7.60 Å². The maximum absolute atomic E-state index is 14.7. The van der Waals surface area contributed by atoms with Gasteiger partial charge in [0, 0.05) is 48.9 Å². The molecule has 2 rings (SSSR count). The zero-order valence-electron chi connectivity index (χ0n) is 18.2. The zero-order valence-corrected chi connectivity index (χ0v) is 19.9. The normalized spacial score (nSPS) is 15.4. The number of rotatable bonds is 9. The Bertz CT molecular complexity index is 1280. The molecule has 0 aliphatic rings. The predicted molar refractivity (Wildman–Crippen MR) is 115 cm³/mol. The van der Waals surface area contributed by atoms with Crippen molar-refractivity contribution in [3.05, 3.63) is 52.5 Å². The summed E-state index contributed by atoms with van der Waals surface area (Å²) >= 11 is 0. The smallest absolute Gasteiger partial charge is 0.346 e. The van der Waals surface area contributed by atoms with Gasteiger partial charge in [0.15, 0.2) is 14.6 Å². The molecule has 1 aromatic carbocycles. The fraction of sp³-hybridized carbons (Fsp3) is 0.368. The van der Waals surface area contributed by atoms with Crippen LogP contribution in [0.3, 0.4) is 0 Å². The molecule has 0 bridgehead atoms. The lowest BCUT2D eigenvalue weighted by Crippen LogP contribution is -2.50. The Labute approximate surface area is 188 Å². The zero-order chi connectivity index (χ0) is 25.2. The number of ether oxygens (including phenoxy) is 1. The maximum atomic E-state index is 14.7. The molecule has 0 saturated heterocycles. The summed E-state index contributed by atoms with van der Waals surface area (Å²) in [5.74, 6) is -2.82. The molecule has 182 valence electrons. The number of hydrogen-bond donors (Lipinski definition) is 2. The first-order chi connectivity index (χ1) is 15.1. The van der Waals surface area contributed by atoms with E-state index in [0.717, 1.165) is 42.7 Å². The Kier molecular flexibility index (Phi) is 7.85. The highest BCUT2D eigenvalue weighted by Crippen LogP contribution is 2.35. The summed E-state index contributed by atoms with van der Waals surface area (Å²) in [6.45, 7) is 1.39. The molecule has 1 heterocycles. The van der Waals surface area contributed by atoms with Crippen LogP contribution in [0.25, 0.3) is 11.1 Å². The van der Waals surface area contributed by atoms with E-state index >= 15 is 0 Å². The van der Waals surface area contributed by atoms with Crippen LogP contribution in [0.2, 0.25) is 0 Å². The van der Waals surface area contributed by atoms with Gasteiger partial charge in [-0.15, -0.1) is 0 Å². The lowest BCUT2D eigenvalue weighted by molar-refractivity contribution is -0.130. The number of nitrogens with one attached hydrogen (secondary N) is 1. The number of aryl methyl sites for hydroxylation is 1. The highest BCUT2D eigenvalue weighted by molar-refractivity contribution is 7.92. The molecule has 14 heteroatoms. The van der Waals surface area contributed by atoms with Crippen molar-refractivity contribution in [3.63, 3.8) is 0 Å². The molecule has 0 saturated carbocycles. The summed E-state index contributed by atoms with van der Waals surface area (Å²) in [6.07, 6.45) is 1.03. The number of benzene rings is 1. The van der Waals surface area contributed by atoms with Crippen LogP contribution >= 0.6 is 7.60 Å². The molecule has 0 spiro atoms. The van der Waals surface area contributed by atoms with Gasteiger partial charge in [-0.05, 0) is 25.5 Å². The number of halogens is 2. The number of carbonyl (C=O) groups excluding carboxylic acids is 1. The number of carbonyl (C=O) groups is 1. The average Bonchev–Trinajstić information content (AvgIpc) is 2.70. The first kappa shape index (κ1) is 26.7. The molecule has 0 aliphatic carbocycles. The van der Waals surface area contributed by atoms with Crippen LogP contribution in [0.15, 0.2) is 35.3 Å². The minimum absolute atomic E-state index is 0.178. The van der Waals surface area contributed by atoms with Crippen molar-refractivity contribution in [3.8, 4) is 16.9 Å². The van der Waals surface area contributed by atoms with Crippen molar-refractivity contribution in [1.82, 2.24) is 10.0 Å². The Morgan fingerprint density at radius 2 is 1.88 bits per heavy atom. The Morgan fingerprint density at radius 1 is 1.24 bits per heavy atom. The second-order valence-corrected chi connectivity index (χ2v) is 11.7. The highest BCUT2D eigenvalue weighted by Gasteiger charge is 2.44. The van der Waals surface area contributed by atoms with Crippen molar-refractivity contribution >= 4 is 23.3 Å². The van der Waals surface area contributed by atoms with Gasteiger partial charge in [0.1, 0.15) is 17.4 Å². The van der Waals surface area contributed by atoms with Gasteiger partial charge in [0.25, 0.3) is 11.5 Å². The molecule has 0 fully saturated rings. The van der Waals surface area contributed by atoms with Gasteiger partial charge < -0.3 is 14.2 Å². The van der Waals surface area contributed by atoms with E-state index in [-0.39, 0.29) is 16.9 Å². The number of nitrogens with zero attached hydrogens (tertiary/aromatic N) is 1. The summed E-state index contributed by atoms with van der Waals surface area (Å²) in [6, 6.07) is 4.51. The largest absolute Gasteiger partial charge is 0.497 e. The first-order valence-electron chi connectivity index (χ1n) is 9.32. The van der Waals surface area contributed by atoms with Crippen molar-refractivity contribution in [1.29, 1.82) is 0 Å². The summed E-state index contributed by atoms with van der Waals surface area (Å²) in [5.41, 5.74) is 0.370. The minimum atomic E-state index is -4.15. The Morgan fingerprint density at radius 3 is 2.39 bits per heavy atom. The number of sulfone groups is 1. The molecule has 10 nitrogen and oxygen atoms in total. The van der Waals surface area contributed by atoms with Crippen molar-refractivity contribution in [2.24, 2.45) is 0 Å². The number of amides is 1. The van der Waals surface area contributed by atoms with E-state index in [4.69, 9.17) is 9.63 Å². The molecule has 1 amide bonds. The van der Waals surface area contributed by atoms with Crippen LogP contribution in [-0.2, 0) is 30.4 Å². The molecule has 2 atom stereocenters. The van der Waals surface area contributed by atoms with Crippen LogP contribution in [0.1, 0.15) is 13.3 Å². The van der Waals surface area contributed by atoms with Gasteiger partial charge in [0.2, 0.25) is 0 Å². The van der Waals surface area contributed by atoms with Crippen LogP contribution in [0.5, 0.6) is 5.75 Å². The van der Waals surface area contributed by atoms with E-state index in [1.807, 2.05) is 0 Å². The SMILES string of the molecule is COc1ccc(-c2cc(=O)n(CC[C@](C)(C(=O)NOP(C)(=O)O)S(C)(=O)=O)cc2F)c(F)c1. The van der Waals surface area contributed by atoms with Crippen molar-refractivity contribution in [2.75, 3.05) is 20.0 Å². The molecular weight excluding hydrogens is 485 g/mol. The Hall–Kier alpha value is -2.60. The predicted octanol–water partition coefficient (Wildman–Crippen LogP) is 1.86. The maximum Gasteiger partial charge on any atom is 0.346 e.